The van der Waals surface area contributed by atoms with Gasteiger partial charge in [-0.1, -0.05) is 25.7 Å². The summed E-state index contributed by atoms with van der Waals surface area (Å²) in [6.45, 7) is 13.6. The third-order valence-electron chi connectivity index (χ3n) is 7.46. The first-order valence-corrected chi connectivity index (χ1v) is 14.2. The molecule has 5 N–H and O–H groups in total. The summed E-state index contributed by atoms with van der Waals surface area (Å²) in [7, 11) is 2.04. The standard InChI is InChI=1S/C18H30N5O2.C6H11N2.C4H9NO.Y/c1-4-5-6-7-8-15(2)23-10-9-16(20-18(23)25)19-17(24)22-13-11-21(3)12-14-22;7-3-6-1-5(6)2-8-4-6;1-4(2,5)3-6;/h6,9-10,15H,4-5,7-8,11-14H2,1-3H3,(H,19,20,24,25);5H,1-4,7H2;3H,5H2,1-2H3;/q2*-1;;. The fourth-order valence-corrected chi connectivity index (χ4v) is 4.50. The number of urea groups is 1. The number of nitrogens with one attached hydrogen (secondary N) is 1. The number of likely N-dealkylation sites (N-methyl/N-ethyl adjacent to an activating group) is 1. The first kappa shape index (κ1) is 36.8. The number of unbranched alkanes of at least 4 members (excludes halogenated alkanes) is 3. The third-order valence-corrected chi connectivity index (χ3v) is 7.46. The van der Waals surface area contributed by atoms with Crippen LogP contribution in [0.4, 0.5) is 10.6 Å². The first-order chi connectivity index (χ1) is 18.4. The van der Waals surface area contributed by atoms with Crippen LogP contribution in [-0.2, 0) is 37.5 Å². The predicted octanol–water partition coefficient (Wildman–Crippen LogP) is 2.63. The van der Waals surface area contributed by atoms with Gasteiger partial charge in [0.2, 0.25) is 0 Å². The van der Waals surface area contributed by atoms with Gasteiger partial charge in [0.15, 0.2) is 0 Å². The fourth-order valence-electron chi connectivity index (χ4n) is 4.50. The SMILES string of the molecule is CC(C)(N)C=O.CCC[CH-]CCC(C)n1ccc(NC(=O)N2CCN(C)CC2)nc1=O.NCC12C[N-]CC1C2.[Y]. The smallest absolute Gasteiger partial charge is 0.349 e. The molecule has 1 radical (unpaired) electrons. The minimum atomic E-state index is -0.639. The Morgan fingerprint density at radius 2 is 1.98 bits per heavy atom. The number of amides is 2. The van der Waals surface area contributed by atoms with Crippen molar-refractivity contribution in [3.63, 3.8) is 0 Å². The summed E-state index contributed by atoms with van der Waals surface area (Å²) >= 11 is 0. The van der Waals surface area contributed by atoms with Gasteiger partial charge in [0.25, 0.3) is 0 Å². The molecule has 2 saturated heterocycles. The van der Waals surface area contributed by atoms with Gasteiger partial charge in [-0.2, -0.15) is 17.8 Å². The van der Waals surface area contributed by atoms with Gasteiger partial charge >= 0.3 is 11.7 Å². The molecule has 0 bridgehead atoms. The second-order valence-corrected chi connectivity index (χ2v) is 11.7. The summed E-state index contributed by atoms with van der Waals surface area (Å²) in [5, 5.41) is 7.01. The van der Waals surface area contributed by atoms with E-state index >= 15 is 0 Å². The van der Waals surface area contributed by atoms with Crippen LogP contribution in [0.3, 0.4) is 0 Å². The summed E-state index contributed by atoms with van der Waals surface area (Å²) in [5.41, 5.74) is 10.3. The van der Waals surface area contributed by atoms with E-state index in [2.05, 4.69) is 33.9 Å². The zero-order chi connectivity index (χ0) is 29.1. The molecule has 3 aliphatic rings. The second kappa shape index (κ2) is 17.7. The van der Waals surface area contributed by atoms with Crippen LogP contribution in [0.1, 0.15) is 65.8 Å². The van der Waals surface area contributed by atoms with Crippen LogP contribution < -0.4 is 22.5 Å². The molecule has 4 rings (SSSR count). The van der Waals surface area contributed by atoms with Crippen LogP contribution in [0.2, 0.25) is 0 Å². The van der Waals surface area contributed by atoms with Gasteiger partial charge in [0.1, 0.15) is 12.1 Å². The summed E-state index contributed by atoms with van der Waals surface area (Å²) < 4.78 is 1.63. The zero-order valence-corrected chi connectivity index (χ0v) is 28.0. The largest absolute Gasteiger partial charge is 0.662 e. The Morgan fingerprint density at radius 1 is 1.32 bits per heavy atom. The topological polar surface area (TPSA) is 154 Å². The number of anilines is 1. The monoisotopic (exact) mass is 635 g/mol. The quantitative estimate of drug-likeness (QED) is 0.214. The Balaban J connectivity index is 0.000000432. The second-order valence-electron chi connectivity index (χ2n) is 11.7. The van der Waals surface area contributed by atoms with Crippen LogP contribution in [0.25, 0.3) is 5.32 Å². The number of hydrogen-bond acceptors (Lipinski definition) is 7. The van der Waals surface area contributed by atoms with Crippen LogP contribution in [0.5, 0.6) is 0 Å². The zero-order valence-electron chi connectivity index (χ0n) is 25.1. The van der Waals surface area contributed by atoms with Crippen molar-refractivity contribution < 1.29 is 42.3 Å². The number of piperidine rings is 1. The van der Waals surface area contributed by atoms with Gasteiger partial charge in [-0.3, -0.25) is 9.88 Å². The van der Waals surface area contributed by atoms with Crippen molar-refractivity contribution >= 4 is 18.1 Å². The third kappa shape index (κ3) is 12.3. The van der Waals surface area contributed by atoms with Crippen LogP contribution in [-0.4, -0.2) is 90.1 Å². The minimum Gasteiger partial charge on any atom is -0.662 e. The first-order valence-electron chi connectivity index (χ1n) is 14.2. The normalized spacial score (nSPS) is 22.4. The number of carbonyl (C=O) groups excluding carboxylic acids is 2. The molecule has 3 atom stereocenters. The molecule has 3 heterocycles. The van der Waals surface area contributed by atoms with E-state index in [0.29, 0.717) is 30.6 Å². The predicted molar refractivity (Wildman–Crippen MR) is 157 cm³/mol. The van der Waals surface area contributed by atoms with E-state index in [-0.39, 0.29) is 50.5 Å². The Labute approximate surface area is 265 Å². The molecule has 40 heavy (non-hydrogen) atoms. The molecule has 1 aromatic rings. The van der Waals surface area contributed by atoms with Crippen molar-refractivity contribution in [2.24, 2.45) is 22.8 Å². The molecule has 11 nitrogen and oxygen atoms in total. The van der Waals surface area contributed by atoms with Gasteiger partial charge < -0.3 is 37.8 Å². The van der Waals surface area contributed by atoms with Gasteiger partial charge in [-0.25, -0.2) is 9.59 Å². The molecule has 0 aromatic carbocycles. The van der Waals surface area contributed by atoms with E-state index in [9.17, 15) is 14.4 Å². The van der Waals surface area contributed by atoms with Crippen LogP contribution in [0.15, 0.2) is 17.1 Å². The number of carbonyl (C=O) groups is 2. The Morgan fingerprint density at radius 3 is 2.42 bits per heavy atom. The Hall–Kier alpha value is -1.24. The van der Waals surface area contributed by atoms with Crippen molar-refractivity contribution in [1.82, 2.24) is 19.4 Å². The molecule has 2 amide bonds. The maximum Gasteiger partial charge on any atom is 0.349 e. The fraction of sp³-hybridized carbons (Fsp3) is 0.750. The van der Waals surface area contributed by atoms with Crippen LogP contribution in [0, 0.1) is 17.8 Å². The van der Waals surface area contributed by atoms with Crippen molar-refractivity contribution in [3.8, 4) is 0 Å². The van der Waals surface area contributed by atoms with Crippen molar-refractivity contribution in [3.05, 3.63) is 34.5 Å². The molecule has 1 saturated carbocycles. The number of aldehydes is 1. The number of rotatable bonds is 9. The molecule has 3 fully saturated rings. The van der Waals surface area contributed by atoms with Gasteiger partial charge in [-0.05, 0) is 52.3 Å². The number of nitrogens with zero attached hydrogens (tertiary/aromatic N) is 5. The minimum absolute atomic E-state index is 0. The van der Waals surface area contributed by atoms with E-state index < -0.39 is 5.54 Å². The van der Waals surface area contributed by atoms with Crippen molar-refractivity contribution in [2.45, 2.75) is 71.4 Å². The maximum atomic E-state index is 12.3. The average molecular weight is 636 g/mol. The number of nitrogens with two attached hydrogens (primary N) is 2. The number of piperazine rings is 1. The van der Waals surface area contributed by atoms with Gasteiger partial charge in [0.05, 0.1) is 5.54 Å². The van der Waals surface area contributed by atoms with E-state index in [4.69, 9.17) is 11.5 Å². The Bertz CT molecular complexity index is 958. The molecule has 12 heteroatoms. The molecule has 1 aliphatic carbocycles. The maximum absolute atomic E-state index is 12.3. The number of hydrogen-bond donors (Lipinski definition) is 3. The van der Waals surface area contributed by atoms with E-state index in [1.54, 1.807) is 35.6 Å². The molecular weight excluding hydrogens is 585 g/mol. The Kier molecular flexibility index (Phi) is 16.2. The summed E-state index contributed by atoms with van der Waals surface area (Å²) in [5.74, 6) is 1.20. The summed E-state index contributed by atoms with van der Waals surface area (Å²) in [6, 6.07) is 1.59. The summed E-state index contributed by atoms with van der Waals surface area (Å²) in [4.78, 5) is 42.1. The summed E-state index contributed by atoms with van der Waals surface area (Å²) in [6.07, 6.45) is 10.2. The molecule has 1 aromatic heterocycles. The molecule has 0 spiro atoms. The van der Waals surface area contributed by atoms with E-state index in [0.717, 1.165) is 64.3 Å². The van der Waals surface area contributed by atoms with Crippen molar-refractivity contribution in [2.75, 3.05) is 58.2 Å². The molecule has 3 unspecified atom stereocenters. The number of aromatic nitrogens is 2. The van der Waals surface area contributed by atoms with Crippen molar-refractivity contribution in [1.29, 1.82) is 0 Å². The molecule has 225 valence electrons. The van der Waals surface area contributed by atoms with Crippen LogP contribution >= 0.6 is 0 Å². The van der Waals surface area contributed by atoms with E-state index in [1.807, 2.05) is 14.0 Å². The molecule has 2 aliphatic heterocycles. The van der Waals surface area contributed by atoms with Gasteiger partial charge in [0, 0.05) is 71.1 Å². The van der Waals surface area contributed by atoms with Gasteiger partial charge in [-0.15, -0.1) is 13.1 Å². The van der Waals surface area contributed by atoms with E-state index in [1.165, 1.54) is 6.42 Å². The number of fused-ring (bicyclic) bond motifs is 1. The average Bonchev–Trinajstić information content (AvgIpc) is 3.46. The molecular formula is C28H50N8O3Y-2.